The predicted molar refractivity (Wildman–Crippen MR) is 177 cm³/mol. The molecule has 4 aliphatic rings. The van der Waals surface area contributed by atoms with Crippen LogP contribution in [0.15, 0.2) is 30.6 Å². The van der Waals surface area contributed by atoms with Crippen LogP contribution in [-0.2, 0) is 11.2 Å². The first-order valence-electron chi connectivity index (χ1n) is 16.5. The minimum absolute atomic E-state index is 0.0976. The van der Waals surface area contributed by atoms with E-state index in [0.29, 0.717) is 73.1 Å². The zero-order valence-electron chi connectivity index (χ0n) is 26.1. The molecule has 2 saturated heterocycles. The number of likely N-dealkylation sites (tertiary alicyclic amines) is 1. The summed E-state index contributed by atoms with van der Waals surface area (Å²) in [5, 5.41) is 19.8. The Morgan fingerprint density at radius 2 is 2.04 bits per heavy atom. The molecule has 10 nitrogen and oxygen atoms in total. The minimum atomic E-state index is -0.566. The number of benzene rings is 1. The standard InChI is InChI=1S/C34H41ClFN7O3/c1-21-8-10-42(17-21)9-4-2-5-12-46-34-39-31-26-15-37-32(30(31)36)29-24(27(35)14-28-25(29)16-38-41-28)7-3-6-11-45-20-22-13-23(44)19-43(18-22)33(26)40-34/h14-16,22-23,44H,1-13,17-20H2,(H,38,41)/t22-,23+/m1/s1. The molecule has 3 aromatic heterocycles. The predicted octanol–water partition coefficient (Wildman–Crippen LogP) is 5.71. The number of nitrogens with zero attached hydrogens (tertiary/aromatic N) is 6. The Morgan fingerprint density at radius 1 is 1.13 bits per heavy atom. The number of pyridine rings is 1. The smallest absolute Gasteiger partial charge is 0.319 e. The fourth-order valence-electron chi connectivity index (χ4n) is 7.10. The number of fused-ring (bicyclic) bond motifs is 7. The van der Waals surface area contributed by atoms with Gasteiger partial charge in [-0.1, -0.05) is 23.8 Å². The Kier molecular flexibility index (Phi) is 9.35. The molecule has 0 aliphatic carbocycles. The van der Waals surface area contributed by atoms with Gasteiger partial charge in [-0.15, -0.1) is 0 Å². The zero-order chi connectivity index (χ0) is 31.6. The highest BCUT2D eigenvalue weighted by Gasteiger charge is 2.31. The van der Waals surface area contributed by atoms with Gasteiger partial charge >= 0.3 is 6.01 Å². The summed E-state index contributed by atoms with van der Waals surface area (Å²) in [6.45, 7) is 9.74. The first-order valence-corrected chi connectivity index (χ1v) is 16.9. The number of halogens is 2. The Labute approximate surface area is 273 Å². The number of hydrogen-bond donors (Lipinski definition) is 2. The molecular weight excluding hydrogens is 609 g/mol. The summed E-state index contributed by atoms with van der Waals surface area (Å²) in [5.74, 6) is 0.0389. The molecule has 0 saturated carbocycles. The van der Waals surface area contributed by atoms with E-state index >= 15 is 4.39 Å². The molecular formula is C34H41ClFN7O3. The molecule has 12 heteroatoms. The number of anilines is 1. The topological polar surface area (TPSA) is 113 Å². The van der Waals surface area contributed by atoms with Crippen molar-refractivity contribution in [2.24, 2.45) is 5.92 Å². The zero-order valence-corrected chi connectivity index (χ0v) is 26.9. The number of ether oxygens (including phenoxy) is 2. The summed E-state index contributed by atoms with van der Waals surface area (Å²) in [6, 6.07) is 1.95. The molecule has 2 atom stereocenters. The van der Waals surface area contributed by atoms with E-state index in [1.165, 1.54) is 5.57 Å². The van der Waals surface area contributed by atoms with Crippen molar-refractivity contribution in [2.75, 3.05) is 57.4 Å². The molecule has 8 rings (SSSR count). The number of hydrogen-bond acceptors (Lipinski definition) is 9. The lowest BCUT2D eigenvalue weighted by atomic mass is 9.94. The normalized spacial score (nSPS) is 21.1. The molecule has 2 N–H and O–H groups in total. The second kappa shape index (κ2) is 13.8. The van der Waals surface area contributed by atoms with Crippen LogP contribution in [0.1, 0.15) is 50.5 Å². The first-order chi connectivity index (χ1) is 22.4. The van der Waals surface area contributed by atoms with E-state index in [2.05, 4.69) is 31.6 Å². The first kappa shape index (κ1) is 31.2. The van der Waals surface area contributed by atoms with Crippen LogP contribution in [0.2, 0.25) is 5.02 Å². The van der Waals surface area contributed by atoms with Gasteiger partial charge in [-0.2, -0.15) is 15.1 Å². The Balaban J connectivity index is 1.25. The summed E-state index contributed by atoms with van der Waals surface area (Å²) in [4.78, 5) is 18.5. The molecule has 4 aromatic rings. The molecule has 7 heterocycles. The monoisotopic (exact) mass is 649 g/mol. The Bertz CT molecular complexity index is 1730. The van der Waals surface area contributed by atoms with Crippen LogP contribution in [-0.4, -0.2) is 93.8 Å². The van der Waals surface area contributed by atoms with Gasteiger partial charge in [0.1, 0.15) is 17.0 Å². The second-order valence-corrected chi connectivity index (χ2v) is 13.3. The highest BCUT2D eigenvalue weighted by Crippen LogP contribution is 2.40. The molecule has 6 bridgehead atoms. The maximum Gasteiger partial charge on any atom is 0.319 e. The molecule has 0 spiro atoms. The summed E-state index contributed by atoms with van der Waals surface area (Å²) < 4.78 is 29.0. The van der Waals surface area contributed by atoms with E-state index in [4.69, 9.17) is 26.1 Å². The molecule has 46 heavy (non-hydrogen) atoms. The third-order valence-corrected chi connectivity index (χ3v) is 9.73. The molecule has 0 radical (unpaired) electrons. The lowest BCUT2D eigenvalue weighted by Gasteiger charge is -2.36. The average Bonchev–Trinajstić information content (AvgIpc) is 3.68. The van der Waals surface area contributed by atoms with E-state index in [1.807, 2.05) is 11.0 Å². The van der Waals surface area contributed by atoms with Crippen molar-refractivity contribution >= 4 is 39.2 Å². The summed E-state index contributed by atoms with van der Waals surface area (Å²) in [7, 11) is 0. The van der Waals surface area contributed by atoms with Crippen molar-refractivity contribution in [3.05, 3.63) is 47.0 Å². The number of piperidine rings is 1. The number of aliphatic hydroxyl groups is 1. The molecule has 1 aromatic carbocycles. The molecule has 244 valence electrons. The summed E-state index contributed by atoms with van der Waals surface area (Å²) in [6.07, 6.45) is 9.65. The van der Waals surface area contributed by atoms with Gasteiger partial charge in [0.25, 0.3) is 0 Å². The van der Waals surface area contributed by atoms with Gasteiger partial charge in [-0.25, -0.2) is 4.39 Å². The van der Waals surface area contributed by atoms with Crippen LogP contribution < -0.4 is 9.64 Å². The largest absolute Gasteiger partial charge is 0.463 e. The van der Waals surface area contributed by atoms with Crippen LogP contribution in [0.4, 0.5) is 10.2 Å². The van der Waals surface area contributed by atoms with Gasteiger partial charge in [0, 0.05) is 60.9 Å². The van der Waals surface area contributed by atoms with Gasteiger partial charge in [-0.3, -0.25) is 15.0 Å². The van der Waals surface area contributed by atoms with E-state index in [9.17, 15) is 5.11 Å². The number of rotatable bonds is 7. The highest BCUT2D eigenvalue weighted by atomic mass is 35.5. The van der Waals surface area contributed by atoms with Gasteiger partial charge in [0.05, 0.1) is 36.4 Å². The number of unbranched alkanes of at least 4 members (excludes halogenated alkanes) is 2. The van der Waals surface area contributed by atoms with Crippen LogP contribution in [0, 0.1) is 11.7 Å². The van der Waals surface area contributed by atoms with E-state index in [0.717, 1.165) is 69.1 Å². The average molecular weight is 650 g/mol. The van der Waals surface area contributed by atoms with Crippen molar-refractivity contribution in [3.63, 3.8) is 0 Å². The van der Waals surface area contributed by atoms with Crippen LogP contribution in [0.5, 0.6) is 6.01 Å². The van der Waals surface area contributed by atoms with E-state index in [-0.39, 0.29) is 23.1 Å². The van der Waals surface area contributed by atoms with Crippen molar-refractivity contribution in [2.45, 2.75) is 57.5 Å². The van der Waals surface area contributed by atoms with Crippen LogP contribution in [0.3, 0.4) is 0 Å². The lowest BCUT2D eigenvalue weighted by Crippen LogP contribution is -2.45. The highest BCUT2D eigenvalue weighted by molar-refractivity contribution is 6.33. The fourth-order valence-corrected chi connectivity index (χ4v) is 7.40. The summed E-state index contributed by atoms with van der Waals surface area (Å²) >= 11 is 6.81. The number of aromatic amines is 1. The van der Waals surface area contributed by atoms with Crippen molar-refractivity contribution in [1.82, 2.24) is 30.0 Å². The Morgan fingerprint density at radius 3 is 2.91 bits per heavy atom. The number of aliphatic hydroxyl groups excluding tert-OH is 1. The van der Waals surface area contributed by atoms with Gasteiger partial charge in [-0.05, 0) is 69.5 Å². The quantitative estimate of drug-likeness (QED) is 0.192. The number of nitrogens with one attached hydrogen (secondary N) is 1. The van der Waals surface area contributed by atoms with Gasteiger partial charge < -0.3 is 19.5 Å². The lowest BCUT2D eigenvalue weighted by molar-refractivity contribution is 0.0564. The fraction of sp³-hybridized carbons (Fsp3) is 0.529. The SMILES string of the molecule is C=C1CCN(CCCCCOc2nc3c4cnc(c(F)c4n2)-c2c(c(Cl)cc4[nH]ncc24)CCCCOC[C@@H]2C[C@H](O)CN3C2)C1. The number of aromatic nitrogens is 5. The van der Waals surface area contributed by atoms with Crippen LogP contribution >= 0.6 is 11.6 Å². The molecule has 0 unspecified atom stereocenters. The van der Waals surface area contributed by atoms with Gasteiger partial charge in [0.15, 0.2) is 5.82 Å². The maximum atomic E-state index is 16.9. The molecule has 2 fully saturated rings. The third kappa shape index (κ3) is 6.56. The minimum Gasteiger partial charge on any atom is -0.463 e. The molecule has 0 amide bonds. The van der Waals surface area contributed by atoms with Crippen molar-refractivity contribution in [1.29, 1.82) is 0 Å². The second-order valence-electron chi connectivity index (χ2n) is 12.9. The Hall–Kier alpha value is -3.38. The maximum absolute atomic E-state index is 16.9. The van der Waals surface area contributed by atoms with Crippen molar-refractivity contribution < 1.29 is 19.0 Å². The number of H-pyrrole nitrogens is 1. The third-order valence-electron chi connectivity index (χ3n) is 9.39. The van der Waals surface area contributed by atoms with E-state index in [1.54, 1.807) is 12.4 Å². The van der Waals surface area contributed by atoms with Crippen LogP contribution in [0.25, 0.3) is 33.1 Å². The van der Waals surface area contributed by atoms with Crippen molar-refractivity contribution in [3.8, 4) is 17.3 Å². The van der Waals surface area contributed by atoms with E-state index < -0.39 is 11.9 Å². The van der Waals surface area contributed by atoms with Gasteiger partial charge in [0.2, 0.25) is 0 Å². The molecule has 4 aliphatic heterocycles. The summed E-state index contributed by atoms with van der Waals surface area (Å²) in [5.41, 5.74) is 3.74.